The molecule has 18 heteroatoms. The van der Waals surface area contributed by atoms with Gasteiger partial charge in [0.05, 0.1) is 0 Å². The number of hydrogen-bond acceptors (Lipinski definition) is 9. The second kappa shape index (κ2) is 15.8. The predicted molar refractivity (Wildman–Crippen MR) is 217 cm³/mol. The minimum atomic E-state index is -0.0595. The highest BCUT2D eigenvalue weighted by atomic mass is 15.7. The van der Waals surface area contributed by atoms with Gasteiger partial charge in [-0.15, -0.1) is 5.10 Å². The third kappa shape index (κ3) is 7.44. The Kier molecular flexibility index (Phi) is 9.33. The molecule has 0 aliphatic rings. The van der Waals surface area contributed by atoms with E-state index < -0.39 is 0 Å². The number of para-hydroxylation sites is 6. The maximum Gasteiger partial charge on any atom is 0.300 e. The molecule has 0 bridgehead atoms. The Morgan fingerprint density at radius 1 is 0.300 bits per heavy atom. The zero-order valence-electron chi connectivity index (χ0n) is 31.4. The lowest BCUT2D eigenvalue weighted by Gasteiger charge is -2.15. The molecule has 10 aromatic rings. The van der Waals surface area contributed by atoms with Gasteiger partial charge in [0, 0.05) is 5.69 Å². The normalized spacial score (nSPS) is 11.0. The lowest BCUT2D eigenvalue weighted by molar-refractivity contribution is -0.717. The average Bonchev–Trinajstić information content (AvgIpc) is 4.06. The van der Waals surface area contributed by atoms with Gasteiger partial charge in [0.1, 0.15) is 28.3 Å². The molecule has 0 saturated carbocycles. The molecule has 0 aliphatic heterocycles. The van der Waals surface area contributed by atoms with E-state index in [1.54, 1.807) is 14.0 Å². The van der Waals surface area contributed by atoms with Crippen LogP contribution in [-0.4, -0.2) is 59.9 Å². The number of nitrogens with zero attached hydrogens (tertiary/aromatic N) is 18. The summed E-state index contributed by atoms with van der Waals surface area (Å²) in [5.74, 6) is 0.354. The van der Waals surface area contributed by atoms with Crippen molar-refractivity contribution in [2.24, 2.45) is 0 Å². The monoisotopic (exact) mass is 786 g/mol. The van der Waals surface area contributed by atoms with Gasteiger partial charge in [-0.05, 0) is 87.6 Å². The molecule has 0 atom stereocenters. The molecule has 6 aromatic carbocycles. The molecule has 0 amide bonds. The molecule has 0 spiro atoms. The van der Waals surface area contributed by atoms with Crippen LogP contribution in [-0.2, 0) is 0 Å². The summed E-state index contributed by atoms with van der Waals surface area (Å²) in [7, 11) is 0. The van der Waals surface area contributed by atoms with E-state index in [1.807, 2.05) is 182 Å². The van der Waals surface area contributed by atoms with E-state index in [4.69, 9.17) is 46.9 Å². The number of rotatable bonds is 12. The zero-order valence-corrected chi connectivity index (χ0v) is 31.4. The van der Waals surface area contributed by atoms with Crippen LogP contribution in [0.15, 0.2) is 182 Å². The van der Waals surface area contributed by atoms with Crippen molar-refractivity contribution in [3.8, 4) is 34.1 Å². The molecule has 0 radical (unpaired) electrons. The van der Waals surface area contributed by atoms with E-state index in [2.05, 4.69) is 15.0 Å². The fraction of sp³-hybridized carbons (Fsp3) is 0. The summed E-state index contributed by atoms with van der Waals surface area (Å²) in [6.07, 6.45) is 0. The standard InChI is InChI=1S/C42H30N18/c1-7-19-31(20-8-1)55-40(49-58(52-55)34-25-13-4-14-26-34)46-37-43-38(47-41-50-59(35-27-15-5-16-28-35)53-56(41)32-21-9-2-10-22-32)45-39(44-37)48-42-51-60(36-29-17-6-18-30-36)54-57(42)33-23-11-3-12-24-33/h1-30H. The summed E-state index contributed by atoms with van der Waals surface area (Å²) < 4.78 is 4.77. The Labute approximate surface area is 341 Å². The van der Waals surface area contributed by atoms with E-state index in [1.165, 1.54) is 14.4 Å². The van der Waals surface area contributed by atoms with Gasteiger partial charge in [-0.3, -0.25) is 20.3 Å². The van der Waals surface area contributed by atoms with Crippen LogP contribution >= 0.6 is 0 Å². The topological polar surface area (TPSA) is 185 Å². The first-order valence-corrected chi connectivity index (χ1v) is 18.6. The van der Waals surface area contributed by atoms with Crippen molar-refractivity contribution in [2.45, 2.75) is 0 Å². The fourth-order valence-electron chi connectivity index (χ4n) is 6.01. The van der Waals surface area contributed by atoms with Gasteiger partial charge in [0.2, 0.25) is 0 Å². The highest BCUT2D eigenvalue weighted by molar-refractivity contribution is 5.64. The predicted octanol–water partition coefficient (Wildman–Crippen LogP) is 6.45. The molecule has 0 N–H and O–H groups in total. The van der Waals surface area contributed by atoms with E-state index in [0.29, 0.717) is 17.1 Å². The van der Waals surface area contributed by atoms with Crippen LogP contribution in [0.1, 0.15) is 0 Å². The molecule has 4 aromatic heterocycles. The molecular weight excluding hydrogens is 757 g/mol. The highest BCUT2D eigenvalue weighted by Crippen LogP contribution is 2.35. The first-order valence-electron chi connectivity index (χ1n) is 18.6. The maximum atomic E-state index is 4.83. The minimum absolute atomic E-state index is 0.0595. The Morgan fingerprint density at radius 3 is 0.783 bits per heavy atom. The Bertz CT molecular complexity index is 2660. The van der Waals surface area contributed by atoms with Crippen molar-refractivity contribution in [3.63, 3.8) is 0 Å². The summed E-state index contributed by atoms with van der Waals surface area (Å²) in [6, 6.07) is 57.1. The van der Waals surface area contributed by atoms with Gasteiger partial charge < -0.3 is 0 Å². The zero-order chi connectivity index (χ0) is 40.1. The number of benzene rings is 6. The summed E-state index contributed by atoms with van der Waals surface area (Å²) in [5.41, 5.74) is 4.32. The lowest BCUT2D eigenvalue weighted by atomic mass is 10.3. The first-order chi connectivity index (χ1) is 29.7. The van der Waals surface area contributed by atoms with Crippen LogP contribution in [0.25, 0.3) is 50.1 Å². The molecular formula is C42H30N18. The van der Waals surface area contributed by atoms with Crippen molar-refractivity contribution < 1.29 is 14.4 Å². The van der Waals surface area contributed by atoms with E-state index in [-0.39, 0.29) is 35.7 Å². The van der Waals surface area contributed by atoms with Crippen LogP contribution in [0.2, 0.25) is 0 Å². The maximum absolute atomic E-state index is 4.83. The van der Waals surface area contributed by atoms with E-state index >= 15 is 0 Å². The third-order valence-electron chi connectivity index (χ3n) is 8.81. The molecule has 0 fully saturated rings. The fourth-order valence-corrected chi connectivity index (χ4v) is 6.01. The van der Waals surface area contributed by atoms with Gasteiger partial charge in [-0.25, -0.2) is 15.3 Å². The molecule has 0 unspecified atom stereocenters. The molecule has 288 valence electrons. The van der Waals surface area contributed by atoms with Crippen molar-refractivity contribution in [1.29, 1.82) is 0 Å². The number of hydrogen-bond donors (Lipinski definition) is 0. The van der Waals surface area contributed by atoms with E-state index in [9.17, 15) is 0 Å². The quantitative estimate of drug-likeness (QED) is 0.126. The Balaban J connectivity index is 1.10. The molecule has 4 heterocycles. The van der Waals surface area contributed by atoms with Gasteiger partial charge in [-0.1, -0.05) is 134 Å². The van der Waals surface area contributed by atoms with Crippen LogP contribution in [0.3, 0.4) is 0 Å². The third-order valence-corrected chi connectivity index (χ3v) is 8.81. The second-order valence-corrected chi connectivity index (χ2v) is 12.9. The molecule has 18 nitrogen and oxygen atoms in total. The Morgan fingerprint density at radius 2 is 0.533 bits per heavy atom. The molecule has 60 heavy (non-hydrogen) atoms. The summed E-state index contributed by atoms with van der Waals surface area (Å²) >= 11 is 0. The van der Waals surface area contributed by atoms with Gasteiger partial charge in [0.15, 0.2) is 34.4 Å². The number of aromatic nitrogens is 15. The van der Waals surface area contributed by atoms with Crippen LogP contribution in [0.4, 0.5) is 35.7 Å². The van der Waals surface area contributed by atoms with E-state index in [0.717, 1.165) is 17.1 Å². The van der Waals surface area contributed by atoms with Crippen LogP contribution in [0, 0.1) is 0 Å². The summed E-state index contributed by atoms with van der Waals surface area (Å²) in [4.78, 5) is 18.5. The highest BCUT2D eigenvalue weighted by Gasteiger charge is 2.23. The minimum Gasteiger partial charge on any atom is -0.281 e. The smallest absolute Gasteiger partial charge is 0.281 e. The summed E-state index contributed by atoms with van der Waals surface area (Å²) in [6.45, 7) is 0. The SMILES string of the molecule is c1ccc(-n2n[n+](-c3ccccc3)nc2[N-]c2nc([N-]c3n[n+](-c4ccccc4)nn3-c3ccccc3)nc([N-]c3n[n+](-c4ccccc4)nn3-c3ccccc3)n2)cc1. The van der Waals surface area contributed by atoms with Crippen LogP contribution < -0.4 is 14.4 Å². The largest absolute Gasteiger partial charge is 0.300 e. The van der Waals surface area contributed by atoms with Crippen molar-refractivity contribution in [3.05, 3.63) is 198 Å². The lowest BCUT2D eigenvalue weighted by Crippen LogP contribution is -2.36. The van der Waals surface area contributed by atoms with Crippen molar-refractivity contribution in [2.75, 3.05) is 0 Å². The van der Waals surface area contributed by atoms with Crippen LogP contribution in [0.5, 0.6) is 0 Å². The Hall–Kier alpha value is -9.06. The summed E-state index contributed by atoms with van der Waals surface area (Å²) in [5, 5.41) is 42.9. The average molecular weight is 787 g/mol. The molecule has 0 aliphatic carbocycles. The van der Waals surface area contributed by atoms with Crippen molar-refractivity contribution in [1.82, 2.24) is 59.9 Å². The molecule has 10 rings (SSSR count). The molecule has 0 saturated heterocycles. The second-order valence-electron chi connectivity index (χ2n) is 12.9. The van der Waals surface area contributed by atoms with Gasteiger partial charge >= 0.3 is 11.9 Å². The van der Waals surface area contributed by atoms with Crippen molar-refractivity contribution >= 4 is 35.7 Å². The number of tetrazole rings is 3. The van der Waals surface area contributed by atoms with Gasteiger partial charge in [0.25, 0.3) is 0 Å². The first kappa shape index (κ1) is 35.4. The van der Waals surface area contributed by atoms with Gasteiger partial charge in [-0.2, -0.15) is 0 Å².